The van der Waals surface area contributed by atoms with Crippen LogP contribution in [0.25, 0.3) is 0 Å². The number of alkyl halides is 3. The molecule has 1 saturated heterocycles. The molecule has 2 aliphatic heterocycles. The number of rotatable bonds is 7. The molecule has 0 aliphatic carbocycles. The summed E-state index contributed by atoms with van der Waals surface area (Å²) in [6.07, 6.45) is -4.10. The number of aryl methyl sites for hydroxylation is 2. The summed E-state index contributed by atoms with van der Waals surface area (Å²) in [6, 6.07) is 9.70. The van der Waals surface area contributed by atoms with E-state index in [0.29, 0.717) is 47.2 Å². The number of nitrogens with zero attached hydrogens (tertiary/aromatic N) is 5. The topological polar surface area (TPSA) is 116 Å². The van der Waals surface area contributed by atoms with Crippen LogP contribution in [0.4, 0.5) is 24.5 Å². The molecule has 2 aromatic carbocycles. The zero-order valence-electron chi connectivity index (χ0n) is 24.7. The fraction of sp³-hybridized carbons (Fsp3) is 0.367. The van der Waals surface area contributed by atoms with Gasteiger partial charge in [-0.05, 0) is 82.7 Å². The van der Waals surface area contributed by atoms with Gasteiger partial charge in [-0.2, -0.15) is 18.4 Å². The van der Waals surface area contributed by atoms with Crippen molar-refractivity contribution in [1.82, 2.24) is 15.0 Å². The van der Waals surface area contributed by atoms with Crippen molar-refractivity contribution in [3.8, 4) is 11.8 Å². The molecule has 0 radical (unpaired) electrons. The third-order valence-electron chi connectivity index (χ3n) is 7.56. The summed E-state index contributed by atoms with van der Waals surface area (Å²) in [5.41, 5.74) is 2.17. The molecule has 2 N–H and O–H groups in total. The van der Waals surface area contributed by atoms with Gasteiger partial charge < -0.3 is 15.0 Å². The predicted octanol–water partition coefficient (Wildman–Crippen LogP) is 5.34. The normalized spacial score (nSPS) is 17.7. The quantitative estimate of drug-likeness (QED) is 0.339. The van der Waals surface area contributed by atoms with E-state index in [1.54, 1.807) is 54.6 Å². The number of thiocarbonyl (C=S) groups is 1. The molecule has 0 saturated carbocycles. The van der Waals surface area contributed by atoms with Crippen molar-refractivity contribution in [3.63, 3.8) is 0 Å². The summed E-state index contributed by atoms with van der Waals surface area (Å²) in [4.78, 5) is 34.1. The van der Waals surface area contributed by atoms with E-state index in [4.69, 9.17) is 17.0 Å². The standard InChI is InChI=1S/C30H30F3N7O3S/c1-6-8-23-35-16(3)24-26(41)36-25(37-40(23)24)20-13-19(11-12-22(20)43-7-2)39-28(44)38(27(42)29(39,4)5)18-10-9-17(15-34)21(14-18)30(31,32)33/h9-14,25,37H,6-8H2,1-5H3,(H,36,41). The van der Waals surface area contributed by atoms with E-state index in [9.17, 15) is 28.0 Å². The second-order valence-corrected chi connectivity index (χ2v) is 11.3. The Morgan fingerprint density at radius 3 is 2.48 bits per heavy atom. The van der Waals surface area contributed by atoms with Gasteiger partial charge in [-0.3, -0.25) is 19.9 Å². The maximum atomic E-state index is 13.8. The number of fused-ring (bicyclic) bond motifs is 1. The summed E-state index contributed by atoms with van der Waals surface area (Å²) in [6.45, 7) is 9.17. The highest BCUT2D eigenvalue weighted by molar-refractivity contribution is 7.81. The molecule has 10 nitrogen and oxygen atoms in total. The van der Waals surface area contributed by atoms with Crippen LogP contribution in [0.2, 0.25) is 0 Å². The molecule has 3 heterocycles. The highest BCUT2D eigenvalue weighted by atomic mass is 32.1. The molecular formula is C30H30F3N7O3S. The number of nitriles is 1. The summed E-state index contributed by atoms with van der Waals surface area (Å²) in [5, 5.41) is 12.1. The second-order valence-electron chi connectivity index (χ2n) is 10.9. The van der Waals surface area contributed by atoms with Crippen LogP contribution in [0.1, 0.15) is 79.0 Å². The molecular weight excluding hydrogens is 595 g/mol. The minimum atomic E-state index is -4.81. The summed E-state index contributed by atoms with van der Waals surface area (Å²) >= 11 is 5.71. The zero-order valence-corrected chi connectivity index (χ0v) is 25.5. The highest BCUT2D eigenvalue weighted by Gasteiger charge is 2.51. The average Bonchev–Trinajstić information content (AvgIpc) is 3.37. The van der Waals surface area contributed by atoms with Crippen molar-refractivity contribution >= 4 is 40.5 Å². The first-order valence-corrected chi connectivity index (χ1v) is 14.4. The molecule has 1 fully saturated rings. The van der Waals surface area contributed by atoms with E-state index < -0.39 is 34.9 Å². The molecule has 14 heteroatoms. The SMILES string of the molecule is CCCc1nc(C)c2n1NC(c1cc(N3C(=S)N(c4ccc(C#N)c(C(F)(F)F)c4)C(=O)C3(C)C)ccc1OCC)NC2=O. The molecule has 5 rings (SSSR count). The monoisotopic (exact) mass is 625 g/mol. The Bertz CT molecular complexity index is 1730. The van der Waals surface area contributed by atoms with Gasteiger partial charge in [-0.1, -0.05) is 6.92 Å². The first-order chi connectivity index (χ1) is 20.7. The zero-order chi connectivity index (χ0) is 32.1. The van der Waals surface area contributed by atoms with Crippen LogP contribution in [-0.4, -0.2) is 38.7 Å². The Morgan fingerprint density at radius 2 is 1.84 bits per heavy atom. The lowest BCUT2D eigenvalue weighted by molar-refractivity contribution is -0.137. The number of benzene rings is 2. The fourth-order valence-corrected chi connectivity index (χ4v) is 6.06. The van der Waals surface area contributed by atoms with Gasteiger partial charge in [0, 0.05) is 17.7 Å². The highest BCUT2D eigenvalue weighted by Crippen LogP contribution is 2.41. The summed E-state index contributed by atoms with van der Waals surface area (Å²) in [7, 11) is 0. The summed E-state index contributed by atoms with van der Waals surface area (Å²) < 4.78 is 48.8. The number of amides is 2. The van der Waals surface area contributed by atoms with Gasteiger partial charge in [0.05, 0.1) is 35.2 Å². The number of imidazole rings is 1. The molecule has 230 valence electrons. The van der Waals surface area contributed by atoms with Gasteiger partial charge in [-0.15, -0.1) is 0 Å². The second kappa shape index (κ2) is 11.1. The van der Waals surface area contributed by atoms with Crippen molar-refractivity contribution in [1.29, 1.82) is 5.26 Å². The number of carbonyl (C=O) groups is 2. The Morgan fingerprint density at radius 1 is 1.14 bits per heavy atom. The predicted molar refractivity (Wildman–Crippen MR) is 161 cm³/mol. The minimum Gasteiger partial charge on any atom is -0.493 e. The third kappa shape index (κ3) is 5.00. The molecule has 1 aromatic heterocycles. The molecule has 3 aromatic rings. The number of hydrogen-bond donors (Lipinski definition) is 2. The minimum absolute atomic E-state index is 0.0497. The van der Waals surface area contributed by atoms with Gasteiger partial charge >= 0.3 is 6.18 Å². The van der Waals surface area contributed by atoms with E-state index in [2.05, 4.69) is 15.7 Å². The van der Waals surface area contributed by atoms with Crippen LogP contribution in [-0.2, 0) is 17.4 Å². The van der Waals surface area contributed by atoms with Crippen molar-refractivity contribution in [2.75, 3.05) is 21.8 Å². The number of hydrogen-bond acceptors (Lipinski definition) is 7. The van der Waals surface area contributed by atoms with E-state index in [0.717, 1.165) is 23.5 Å². The molecule has 0 spiro atoms. The maximum absolute atomic E-state index is 13.8. The Balaban J connectivity index is 1.57. The molecule has 1 unspecified atom stereocenters. The van der Waals surface area contributed by atoms with Crippen LogP contribution in [0.5, 0.6) is 5.75 Å². The van der Waals surface area contributed by atoms with Crippen LogP contribution >= 0.6 is 12.2 Å². The molecule has 2 aliphatic rings. The Hall–Kier alpha value is -4.64. The van der Waals surface area contributed by atoms with E-state index in [1.807, 2.05) is 13.8 Å². The largest absolute Gasteiger partial charge is 0.493 e. The number of nitrogens with one attached hydrogen (secondary N) is 2. The first kappa shape index (κ1) is 30.8. The lowest BCUT2D eigenvalue weighted by atomic mass is 10.0. The van der Waals surface area contributed by atoms with Crippen LogP contribution < -0.4 is 25.3 Å². The van der Waals surface area contributed by atoms with Crippen molar-refractivity contribution in [2.24, 2.45) is 0 Å². The lowest BCUT2D eigenvalue weighted by Crippen LogP contribution is -2.46. The molecule has 0 bridgehead atoms. The number of halogens is 3. The Labute approximate surface area is 257 Å². The van der Waals surface area contributed by atoms with Crippen molar-refractivity contribution < 1.29 is 27.5 Å². The smallest absolute Gasteiger partial charge is 0.417 e. The van der Waals surface area contributed by atoms with E-state index in [1.165, 1.54) is 6.07 Å². The van der Waals surface area contributed by atoms with Crippen LogP contribution in [0.15, 0.2) is 36.4 Å². The third-order valence-corrected chi connectivity index (χ3v) is 7.93. The van der Waals surface area contributed by atoms with Crippen molar-refractivity contribution in [3.05, 3.63) is 70.3 Å². The van der Waals surface area contributed by atoms with Gasteiger partial charge in [-0.25, -0.2) is 9.66 Å². The summed E-state index contributed by atoms with van der Waals surface area (Å²) in [5.74, 6) is 0.299. The van der Waals surface area contributed by atoms with E-state index in [-0.39, 0.29) is 16.7 Å². The molecule has 44 heavy (non-hydrogen) atoms. The number of ether oxygens (including phenoxy) is 1. The number of aromatic nitrogens is 2. The van der Waals surface area contributed by atoms with Gasteiger partial charge in [0.2, 0.25) is 0 Å². The number of carbonyl (C=O) groups excluding carboxylic acids is 2. The lowest BCUT2D eigenvalue weighted by Gasteiger charge is -2.33. The average molecular weight is 626 g/mol. The molecule has 1 atom stereocenters. The Kier molecular flexibility index (Phi) is 7.79. The van der Waals surface area contributed by atoms with Crippen LogP contribution in [0.3, 0.4) is 0 Å². The van der Waals surface area contributed by atoms with Gasteiger partial charge in [0.15, 0.2) is 10.8 Å². The van der Waals surface area contributed by atoms with Gasteiger partial charge in [0.1, 0.15) is 23.3 Å². The van der Waals surface area contributed by atoms with Crippen molar-refractivity contribution in [2.45, 2.75) is 65.3 Å². The van der Waals surface area contributed by atoms with E-state index >= 15 is 0 Å². The molecule has 2 amide bonds. The van der Waals surface area contributed by atoms with Crippen LogP contribution in [0, 0.1) is 18.3 Å². The maximum Gasteiger partial charge on any atom is 0.417 e. The number of anilines is 2. The first-order valence-electron chi connectivity index (χ1n) is 14.0. The van der Waals surface area contributed by atoms with Gasteiger partial charge in [0.25, 0.3) is 11.8 Å². The fourth-order valence-electron chi connectivity index (χ4n) is 5.54.